The van der Waals surface area contributed by atoms with E-state index in [9.17, 15) is 0 Å². The maximum absolute atomic E-state index is 5.79. The first-order valence-electron chi connectivity index (χ1n) is 6.20. The van der Waals surface area contributed by atoms with E-state index in [1.165, 1.54) is 0 Å². The van der Waals surface area contributed by atoms with Gasteiger partial charge in [-0.1, -0.05) is 0 Å². The van der Waals surface area contributed by atoms with Crippen molar-refractivity contribution in [1.82, 2.24) is 10.2 Å². The zero-order valence-electron chi connectivity index (χ0n) is 12.0. The lowest BCUT2D eigenvalue weighted by atomic mass is 9.97. The van der Waals surface area contributed by atoms with E-state index in [0.717, 1.165) is 39.3 Å². The van der Waals surface area contributed by atoms with Crippen molar-refractivity contribution in [1.29, 1.82) is 0 Å². The number of anilines is 1. The van der Waals surface area contributed by atoms with Crippen LogP contribution in [0.1, 0.15) is 22.3 Å². The molecule has 0 unspecified atom stereocenters. The van der Waals surface area contributed by atoms with Gasteiger partial charge in [0.25, 0.3) is 0 Å². The Morgan fingerprint density at radius 3 is 2.26 bits per heavy atom. The standard InChI is InChI=1S/C15H19N3O/c1-8-7-13(19-5)9(2)6-12(8)14-10(3)11(4)15(16)18-17-14/h6-7H,1-5H3,(H2,16,18). The van der Waals surface area contributed by atoms with Gasteiger partial charge in [0.2, 0.25) is 0 Å². The van der Waals surface area contributed by atoms with Crippen LogP contribution >= 0.6 is 0 Å². The fourth-order valence-electron chi connectivity index (χ4n) is 2.14. The number of methoxy groups -OCH3 is 1. The number of hydrogen-bond acceptors (Lipinski definition) is 4. The molecule has 0 bridgehead atoms. The summed E-state index contributed by atoms with van der Waals surface area (Å²) in [5.41, 5.74) is 12.0. The van der Waals surface area contributed by atoms with Crippen molar-refractivity contribution in [2.75, 3.05) is 12.8 Å². The van der Waals surface area contributed by atoms with Gasteiger partial charge < -0.3 is 10.5 Å². The second-order valence-electron chi connectivity index (χ2n) is 4.82. The van der Waals surface area contributed by atoms with E-state index in [1.54, 1.807) is 7.11 Å². The summed E-state index contributed by atoms with van der Waals surface area (Å²) in [5.74, 6) is 1.38. The van der Waals surface area contributed by atoms with Crippen molar-refractivity contribution < 1.29 is 4.74 Å². The van der Waals surface area contributed by atoms with Gasteiger partial charge in [0.15, 0.2) is 0 Å². The van der Waals surface area contributed by atoms with Gasteiger partial charge in [0.1, 0.15) is 11.6 Å². The number of nitrogen functional groups attached to an aromatic ring is 1. The number of aromatic nitrogens is 2. The summed E-state index contributed by atoms with van der Waals surface area (Å²) in [7, 11) is 1.68. The highest BCUT2D eigenvalue weighted by molar-refractivity contribution is 5.70. The third-order valence-electron chi connectivity index (χ3n) is 3.56. The highest BCUT2D eigenvalue weighted by atomic mass is 16.5. The first-order chi connectivity index (χ1) is 8.95. The molecule has 0 aliphatic heterocycles. The molecule has 2 N–H and O–H groups in total. The molecule has 4 heteroatoms. The third-order valence-corrected chi connectivity index (χ3v) is 3.56. The predicted molar refractivity (Wildman–Crippen MR) is 77.4 cm³/mol. The van der Waals surface area contributed by atoms with Crippen LogP contribution in [0.15, 0.2) is 12.1 Å². The number of hydrogen-bond donors (Lipinski definition) is 1. The van der Waals surface area contributed by atoms with Gasteiger partial charge in [0, 0.05) is 5.56 Å². The van der Waals surface area contributed by atoms with Gasteiger partial charge in [-0.25, -0.2) is 0 Å². The van der Waals surface area contributed by atoms with Crippen LogP contribution in [0.25, 0.3) is 11.3 Å². The van der Waals surface area contributed by atoms with Crippen LogP contribution in [-0.2, 0) is 0 Å². The van der Waals surface area contributed by atoms with E-state index < -0.39 is 0 Å². The van der Waals surface area contributed by atoms with Gasteiger partial charge in [-0.3, -0.25) is 0 Å². The predicted octanol–water partition coefficient (Wildman–Crippen LogP) is 2.97. The van der Waals surface area contributed by atoms with Crippen molar-refractivity contribution in [3.8, 4) is 17.0 Å². The smallest absolute Gasteiger partial charge is 0.149 e. The molecule has 100 valence electrons. The quantitative estimate of drug-likeness (QED) is 0.898. The Morgan fingerprint density at radius 2 is 1.63 bits per heavy atom. The molecule has 1 aromatic heterocycles. The molecular formula is C15H19N3O. The normalized spacial score (nSPS) is 10.6. The lowest BCUT2D eigenvalue weighted by molar-refractivity contribution is 0.411. The minimum absolute atomic E-state index is 0.490. The molecule has 2 rings (SSSR count). The molecule has 0 amide bonds. The monoisotopic (exact) mass is 257 g/mol. The summed E-state index contributed by atoms with van der Waals surface area (Å²) in [5, 5.41) is 8.28. The molecule has 0 aliphatic carbocycles. The summed E-state index contributed by atoms with van der Waals surface area (Å²) in [6.45, 7) is 8.06. The van der Waals surface area contributed by atoms with E-state index >= 15 is 0 Å². The molecule has 2 aromatic rings. The molecule has 0 saturated heterocycles. The highest BCUT2D eigenvalue weighted by Crippen LogP contribution is 2.31. The minimum atomic E-state index is 0.490. The summed E-state index contributed by atoms with van der Waals surface area (Å²) in [6, 6.07) is 4.11. The van der Waals surface area contributed by atoms with Crippen LogP contribution in [0.5, 0.6) is 5.75 Å². The molecule has 0 spiro atoms. The van der Waals surface area contributed by atoms with Crippen molar-refractivity contribution in [3.63, 3.8) is 0 Å². The Morgan fingerprint density at radius 1 is 0.947 bits per heavy atom. The fourth-order valence-corrected chi connectivity index (χ4v) is 2.14. The summed E-state index contributed by atoms with van der Waals surface area (Å²) in [6.07, 6.45) is 0. The highest BCUT2D eigenvalue weighted by Gasteiger charge is 2.13. The number of ether oxygens (including phenoxy) is 1. The molecule has 19 heavy (non-hydrogen) atoms. The zero-order chi connectivity index (χ0) is 14.2. The Hall–Kier alpha value is -2.10. The van der Waals surface area contributed by atoms with E-state index in [0.29, 0.717) is 5.82 Å². The molecule has 0 radical (unpaired) electrons. The summed E-state index contributed by atoms with van der Waals surface area (Å²) < 4.78 is 5.33. The Labute approximate surface area is 113 Å². The third kappa shape index (κ3) is 2.26. The molecule has 1 aromatic carbocycles. The van der Waals surface area contributed by atoms with E-state index in [1.807, 2.05) is 33.8 Å². The molecule has 4 nitrogen and oxygen atoms in total. The fraction of sp³-hybridized carbons (Fsp3) is 0.333. The van der Waals surface area contributed by atoms with Gasteiger partial charge in [-0.15, -0.1) is 10.2 Å². The maximum atomic E-state index is 5.79. The largest absolute Gasteiger partial charge is 0.496 e. The Bertz CT molecular complexity index is 636. The zero-order valence-corrected chi connectivity index (χ0v) is 12.0. The van der Waals surface area contributed by atoms with Gasteiger partial charge in [-0.2, -0.15) is 0 Å². The Balaban J connectivity index is 2.66. The number of nitrogens with two attached hydrogens (primary N) is 1. The second-order valence-corrected chi connectivity index (χ2v) is 4.82. The van der Waals surface area contributed by atoms with Crippen molar-refractivity contribution >= 4 is 5.82 Å². The molecule has 0 fully saturated rings. The number of nitrogens with zero attached hydrogens (tertiary/aromatic N) is 2. The average Bonchev–Trinajstić information content (AvgIpc) is 2.39. The lowest BCUT2D eigenvalue weighted by Crippen LogP contribution is -2.03. The van der Waals surface area contributed by atoms with Crippen LogP contribution in [0, 0.1) is 27.7 Å². The van der Waals surface area contributed by atoms with Gasteiger partial charge in [0.05, 0.1) is 12.8 Å². The van der Waals surface area contributed by atoms with E-state index in [2.05, 4.69) is 16.3 Å². The SMILES string of the molecule is COc1cc(C)c(-c2nnc(N)c(C)c2C)cc1C. The molecular weight excluding hydrogens is 238 g/mol. The van der Waals surface area contributed by atoms with Crippen LogP contribution < -0.4 is 10.5 Å². The molecule has 0 atom stereocenters. The van der Waals surface area contributed by atoms with Crippen molar-refractivity contribution in [2.45, 2.75) is 27.7 Å². The topological polar surface area (TPSA) is 61.0 Å². The number of benzene rings is 1. The van der Waals surface area contributed by atoms with Crippen molar-refractivity contribution in [2.24, 2.45) is 0 Å². The van der Waals surface area contributed by atoms with E-state index in [4.69, 9.17) is 10.5 Å². The van der Waals surface area contributed by atoms with Gasteiger partial charge >= 0.3 is 0 Å². The lowest BCUT2D eigenvalue weighted by Gasteiger charge is -2.13. The minimum Gasteiger partial charge on any atom is -0.496 e. The Kier molecular flexibility index (Phi) is 3.42. The first kappa shape index (κ1) is 13.3. The maximum Gasteiger partial charge on any atom is 0.149 e. The average molecular weight is 257 g/mol. The van der Waals surface area contributed by atoms with Crippen LogP contribution in [0.3, 0.4) is 0 Å². The van der Waals surface area contributed by atoms with E-state index in [-0.39, 0.29) is 0 Å². The summed E-state index contributed by atoms with van der Waals surface area (Å²) >= 11 is 0. The van der Waals surface area contributed by atoms with Crippen LogP contribution in [-0.4, -0.2) is 17.3 Å². The summed E-state index contributed by atoms with van der Waals surface area (Å²) in [4.78, 5) is 0. The molecule has 1 heterocycles. The number of aryl methyl sites for hydroxylation is 2. The first-order valence-corrected chi connectivity index (χ1v) is 6.20. The van der Waals surface area contributed by atoms with Crippen LogP contribution in [0.2, 0.25) is 0 Å². The van der Waals surface area contributed by atoms with Crippen molar-refractivity contribution in [3.05, 3.63) is 34.4 Å². The second kappa shape index (κ2) is 4.88. The molecule has 0 saturated carbocycles. The number of rotatable bonds is 2. The molecule has 0 aliphatic rings. The van der Waals surface area contributed by atoms with Crippen LogP contribution in [0.4, 0.5) is 5.82 Å². The van der Waals surface area contributed by atoms with Gasteiger partial charge in [-0.05, 0) is 62.1 Å².